The summed E-state index contributed by atoms with van der Waals surface area (Å²) in [4.78, 5) is 12.4. The Bertz CT molecular complexity index is 297. The number of ether oxygens (including phenoxy) is 1. The van der Waals surface area contributed by atoms with Crippen LogP contribution in [0.1, 0.15) is 32.6 Å². The maximum atomic E-state index is 12.4. The first-order chi connectivity index (χ1) is 8.60. The molecule has 0 aromatic carbocycles. The summed E-state index contributed by atoms with van der Waals surface area (Å²) in [5.74, 6) is 1.28. The summed E-state index contributed by atoms with van der Waals surface area (Å²) in [7, 11) is 1.65. The Balaban J connectivity index is 1.89. The molecule has 0 spiro atoms. The molecular weight excluding hydrogens is 248 g/mol. The van der Waals surface area contributed by atoms with Gasteiger partial charge in [0.15, 0.2) is 0 Å². The Morgan fingerprint density at radius 3 is 2.67 bits per heavy atom. The lowest BCUT2D eigenvalue weighted by Crippen LogP contribution is -2.55. The van der Waals surface area contributed by atoms with Crippen molar-refractivity contribution in [3.05, 3.63) is 0 Å². The van der Waals surface area contributed by atoms with Crippen LogP contribution in [0.15, 0.2) is 0 Å². The molecule has 0 aromatic heterocycles. The van der Waals surface area contributed by atoms with Crippen molar-refractivity contribution in [2.24, 2.45) is 0 Å². The molecule has 18 heavy (non-hydrogen) atoms. The number of carbonyl (C=O) groups excluding carboxylic acids is 1. The Morgan fingerprint density at radius 2 is 2.11 bits per heavy atom. The summed E-state index contributed by atoms with van der Waals surface area (Å²) >= 11 is 1.97. The van der Waals surface area contributed by atoms with E-state index in [0.717, 1.165) is 32.5 Å². The molecule has 2 aliphatic heterocycles. The summed E-state index contributed by atoms with van der Waals surface area (Å²) in [6, 6.07) is 0. The molecule has 0 bridgehead atoms. The highest BCUT2D eigenvalue weighted by molar-refractivity contribution is 8.00. The number of piperidine rings is 1. The molecule has 2 fully saturated rings. The van der Waals surface area contributed by atoms with Crippen molar-refractivity contribution in [1.82, 2.24) is 10.6 Å². The standard InChI is InChI=1S/C13H24N2O2S/c1-12(4-3-9-18-12)10-15-11(16)13(17-2)5-7-14-8-6-13/h14H,3-10H2,1-2H3,(H,15,16). The van der Waals surface area contributed by atoms with Crippen molar-refractivity contribution in [1.29, 1.82) is 0 Å². The van der Waals surface area contributed by atoms with Crippen LogP contribution in [0.2, 0.25) is 0 Å². The van der Waals surface area contributed by atoms with Crippen LogP contribution in [0.3, 0.4) is 0 Å². The SMILES string of the molecule is COC1(C(=O)NCC2(C)CCCS2)CCNCC1. The number of methoxy groups -OCH3 is 1. The Hall–Kier alpha value is -0.260. The van der Waals surface area contributed by atoms with Gasteiger partial charge in [-0.3, -0.25) is 4.79 Å². The van der Waals surface area contributed by atoms with Gasteiger partial charge in [0.1, 0.15) is 5.60 Å². The van der Waals surface area contributed by atoms with Gasteiger partial charge in [-0.15, -0.1) is 0 Å². The number of rotatable bonds is 4. The van der Waals surface area contributed by atoms with Gasteiger partial charge in [-0.1, -0.05) is 0 Å². The highest BCUT2D eigenvalue weighted by atomic mass is 32.2. The van der Waals surface area contributed by atoms with Crippen LogP contribution in [-0.2, 0) is 9.53 Å². The van der Waals surface area contributed by atoms with E-state index in [4.69, 9.17) is 4.74 Å². The first-order valence-corrected chi connectivity index (χ1v) is 7.77. The van der Waals surface area contributed by atoms with Crippen molar-refractivity contribution in [3.63, 3.8) is 0 Å². The predicted octanol–water partition coefficient (Wildman–Crippen LogP) is 1.16. The number of amides is 1. The van der Waals surface area contributed by atoms with Gasteiger partial charge in [0.2, 0.25) is 0 Å². The zero-order valence-electron chi connectivity index (χ0n) is 11.4. The van der Waals surface area contributed by atoms with Gasteiger partial charge in [-0.2, -0.15) is 11.8 Å². The molecule has 0 aromatic rings. The Morgan fingerprint density at radius 1 is 1.39 bits per heavy atom. The average molecular weight is 272 g/mol. The number of nitrogens with one attached hydrogen (secondary N) is 2. The third-order valence-electron chi connectivity index (χ3n) is 4.14. The third kappa shape index (κ3) is 3.00. The minimum Gasteiger partial charge on any atom is -0.368 e. The van der Waals surface area contributed by atoms with Crippen molar-refractivity contribution in [3.8, 4) is 0 Å². The van der Waals surface area contributed by atoms with Crippen LogP contribution in [0, 0.1) is 0 Å². The molecule has 5 heteroatoms. The third-order valence-corrected chi connectivity index (χ3v) is 5.68. The summed E-state index contributed by atoms with van der Waals surface area (Å²) in [5.41, 5.74) is -0.606. The summed E-state index contributed by atoms with van der Waals surface area (Å²) in [5, 5.41) is 6.38. The molecule has 1 unspecified atom stereocenters. The van der Waals surface area contributed by atoms with Gasteiger partial charge in [-0.25, -0.2) is 0 Å². The molecular formula is C13H24N2O2S. The van der Waals surface area contributed by atoms with E-state index in [2.05, 4.69) is 17.6 Å². The van der Waals surface area contributed by atoms with Crippen LogP contribution in [-0.4, -0.2) is 48.8 Å². The summed E-state index contributed by atoms with van der Waals surface area (Å²) < 4.78 is 5.75. The Labute approximate surface area is 114 Å². The molecule has 2 saturated heterocycles. The van der Waals surface area contributed by atoms with Gasteiger partial charge in [-0.05, 0) is 51.4 Å². The van der Waals surface area contributed by atoms with E-state index in [1.54, 1.807) is 7.11 Å². The smallest absolute Gasteiger partial charge is 0.252 e. The van der Waals surface area contributed by atoms with E-state index in [1.165, 1.54) is 18.6 Å². The maximum absolute atomic E-state index is 12.4. The van der Waals surface area contributed by atoms with Crippen molar-refractivity contribution >= 4 is 17.7 Å². The molecule has 0 saturated carbocycles. The minimum absolute atomic E-state index is 0.0697. The number of thioether (sulfide) groups is 1. The lowest BCUT2D eigenvalue weighted by molar-refractivity contribution is -0.146. The number of hydrogen-bond acceptors (Lipinski definition) is 4. The van der Waals surface area contributed by atoms with Gasteiger partial charge < -0.3 is 15.4 Å². The predicted molar refractivity (Wildman–Crippen MR) is 75.0 cm³/mol. The van der Waals surface area contributed by atoms with Crippen LogP contribution < -0.4 is 10.6 Å². The fourth-order valence-corrected chi connectivity index (χ4v) is 4.00. The van der Waals surface area contributed by atoms with Crippen LogP contribution in [0.25, 0.3) is 0 Å². The van der Waals surface area contributed by atoms with E-state index in [-0.39, 0.29) is 10.7 Å². The van der Waals surface area contributed by atoms with E-state index >= 15 is 0 Å². The van der Waals surface area contributed by atoms with E-state index in [0.29, 0.717) is 0 Å². The van der Waals surface area contributed by atoms with E-state index in [1.807, 2.05) is 11.8 Å². The maximum Gasteiger partial charge on any atom is 0.252 e. The lowest BCUT2D eigenvalue weighted by atomic mass is 9.91. The molecule has 0 aliphatic carbocycles. The van der Waals surface area contributed by atoms with Gasteiger partial charge in [0.25, 0.3) is 5.91 Å². The van der Waals surface area contributed by atoms with Crippen molar-refractivity contribution < 1.29 is 9.53 Å². The van der Waals surface area contributed by atoms with Crippen molar-refractivity contribution in [2.75, 3.05) is 32.5 Å². The highest BCUT2D eigenvalue weighted by Gasteiger charge is 2.40. The topological polar surface area (TPSA) is 50.4 Å². The molecule has 2 rings (SSSR count). The molecule has 0 radical (unpaired) electrons. The average Bonchev–Trinajstić information content (AvgIpc) is 2.84. The lowest BCUT2D eigenvalue weighted by Gasteiger charge is -2.36. The molecule has 2 N–H and O–H groups in total. The zero-order chi connectivity index (χ0) is 13.1. The van der Waals surface area contributed by atoms with Crippen LogP contribution in [0.4, 0.5) is 0 Å². The van der Waals surface area contributed by atoms with E-state index < -0.39 is 5.60 Å². The Kier molecular flexibility index (Phi) is 4.56. The first kappa shape index (κ1) is 14.2. The molecule has 104 valence electrons. The van der Waals surface area contributed by atoms with Crippen molar-refractivity contribution in [2.45, 2.75) is 43.0 Å². The minimum atomic E-state index is -0.606. The number of carbonyl (C=O) groups is 1. The first-order valence-electron chi connectivity index (χ1n) is 6.78. The fraction of sp³-hybridized carbons (Fsp3) is 0.923. The zero-order valence-corrected chi connectivity index (χ0v) is 12.2. The molecule has 2 heterocycles. The normalized spacial score (nSPS) is 31.2. The molecule has 2 aliphatic rings. The van der Waals surface area contributed by atoms with Crippen LogP contribution >= 0.6 is 11.8 Å². The quantitative estimate of drug-likeness (QED) is 0.806. The second-order valence-corrected chi connectivity index (χ2v) is 7.22. The highest BCUT2D eigenvalue weighted by Crippen LogP contribution is 2.37. The second-order valence-electron chi connectivity index (χ2n) is 5.53. The second kappa shape index (κ2) is 5.80. The van der Waals surface area contributed by atoms with Gasteiger partial charge in [0.05, 0.1) is 0 Å². The monoisotopic (exact) mass is 272 g/mol. The van der Waals surface area contributed by atoms with Crippen LogP contribution in [0.5, 0.6) is 0 Å². The number of hydrogen-bond donors (Lipinski definition) is 2. The largest absolute Gasteiger partial charge is 0.368 e. The molecule has 4 nitrogen and oxygen atoms in total. The summed E-state index contributed by atoms with van der Waals surface area (Å²) in [6.45, 7) is 4.71. The van der Waals surface area contributed by atoms with E-state index in [9.17, 15) is 4.79 Å². The molecule has 1 atom stereocenters. The molecule has 1 amide bonds. The van der Waals surface area contributed by atoms with Gasteiger partial charge >= 0.3 is 0 Å². The van der Waals surface area contributed by atoms with Gasteiger partial charge in [0, 0.05) is 18.4 Å². The fourth-order valence-electron chi connectivity index (χ4n) is 2.76. The summed E-state index contributed by atoms with van der Waals surface area (Å²) in [6.07, 6.45) is 3.98.